The summed E-state index contributed by atoms with van der Waals surface area (Å²) in [5.74, 6) is -2.31. The number of hydrogen-bond acceptors (Lipinski definition) is 4. The van der Waals surface area contributed by atoms with Crippen LogP contribution < -0.4 is 10.6 Å². The van der Waals surface area contributed by atoms with Gasteiger partial charge in [-0.25, -0.2) is 4.79 Å². The van der Waals surface area contributed by atoms with Gasteiger partial charge in [-0.3, -0.25) is 9.59 Å². The summed E-state index contributed by atoms with van der Waals surface area (Å²) in [4.78, 5) is 35.8. The molecule has 2 unspecified atom stereocenters. The van der Waals surface area contributed by atoms with Crippen molar-refractivity contribution in [3.8, 4) is 11.1 Å². The van der Waals surface area contributed by atoms with Crippen molar-refractivity contribution in [3.63, 3.8) is 0 Å². The number of alkyl carbamates (subject to hydrolysis) is 1. The van der Waals surface area contributed by atoms with Crippen LogP contribution in [0.2, 0.25) is 0 Å². The maximum absolute atomic E-state index is 12.4. The average molecular weight is 439 g/mol. The van der Waals surface area contributed by atoms with Gasteiger partial charge in [0.05, 0.1) is 11.8 Å². The van der Waals surface area contributed by atoms with Gasteiger partial charge >= 0.3 is 12.1 Å². The quantitative estimate of drug-likeness (QED) is 0.524. The number of amides is 2. The van der Waals surface area contributed by atoms with Gasteiger partial charge in [-0.2, -0.15) is 0 Å². The van der Waals surface area contributed by atoms with E-state index in [1.54, 1.807) is 6.92 Å². The molecule has 2 amide bonds. The average Bonchev–Trinajstić information content (AvgIpc) is 3.12. The van der Waals surface area contributed by atoms with Crippen LogP contribution in [-0.4, -0.2) is 42.8 Å². The summed E-state index contributed by atoms with van der Waals surface area (Å²) in [5, 5.41) is 14.5. The third kappa shape index (κ3) is 5.28. The standard InChI is InChI=1S/C25H30N2O5/c1-3-16(23(28)26-14-17(4-2)24(29)30)13-27-25(31)32-15-22-20-11-7-5-9-18(20)19-10-6-8-12-21(19)22/h5-12,16-17,22H,3-4,13-15H2,1-2H3,(H,26,28)(H,27,31)(H,29,30). The van der Waals surface area contributed by atoms with Crippen LogP contribution in [-0.2, 0) is 14.3 Å². The van der Waals surface area contributed by atoms with E-state index >= 15 is 0 Å². The zero-order valence-corrected chi connectivity index (χ0v) is 18.5. The van der Waals surface area contributed by atoms with Crippen LogP contribution in [0.15, 0.2) is 48.5 Å². The van der Waals surface area contributed by atoms with Crippen molar-refractivity contribution in [3.05, 3.63) is 59.7 Å². The van der Waals surface area contributed by atoms with Gasteiger partial charge in [-0.1, -0.05) is 62.4 Å². The fourth-order valence-electron chi connectivity index (χ4n) is 4.05. The predicted octanol–water partition coefficient (Wildman–Crippen LogP) is 3.78. The second-order valence-corrected chi connectivity index (χ2v) is 8.00. The lowest BCUT2D eigenvalue weighted by Gasteiger charge is -2.18. The van der Waals surface area contributed by atoms with Gasteiger partial charge < -0.3 is 20.5 Å². The minimum Gasteiger partial charge on any atom is -0.481 e. The fourth-order valence-corrected chi connectivity index (χ4v) is 4.05. The Labute approximate surface area is 188 Å². The van der Waals surface area contributed by atoms with E-state index in [2.05, 4.69) is 34.9 Å². The molecular weight excluding hydrogens is 408 g/mol. The third-order valence-electron chi connectivity index (χ3n) is 6.06. The number of carboxylic acids is 1. The minimum atomic E-state index is -0.933. The molecule has 2 aromatic carbocycles. The molecule has 0 saturated heterocycles. The smallest absolute Gasteiger partial charge is 0.407 e. The highest BCUT2D eigenvalue weighted by Crippen LogP contribution is 2.44. The van der Waals surface area contributed by atoms with E-state index in [4.69, 9.17) is 9.84 Å². The van der Waals surface area contributed by atoms with Crippen LogP contribution in [0.3, 0.4) is 0 Å². The first-order valence-corrected chi connectivity index (χ1v) is 11.1. The highest BCUT2D eigenvalue weighted by molar-refractivity contribution is 5.81. The molecular formula is C25H30N2O5. The molecule has 7 heteroatoms. The Morgan fingerprint density at radius 2 is 1.41 bits per heavy atom. The summed E-state index contributed by atoms with van der Waals surface area (Å²) in [5.41, 5.74) is 4.59. The maximum atomic E-state index is 12.4. The first kappa shape index (κ1) is 23.3. The first-order chi connectivity index (χ1) is 15.5. The summed E-state index contributed by atoms with van der Waals surface area (Å²) in [6.45, 7) is 4.02. The molecule has 0 spiro atoms. The molecule has 3 N–H and O–H groups in total. The SMILES string of the molecule is CCC(CNC(=O)C(CC)CNC(=O)OCC1c2ccccc2-c2ccccc21)C(=O)O. The molecule has 0 radical (unpaired) electrons. The van der Waals surface area contributed by atoms with Gasteiger partial charge in [0, 0.05) is 19.0 Å². The minimum absolute atomic E-state index is 0.0274. The van der Waals surface area contributed by atoms with E-state index in [-0.39, 0.29) is 31.5 Å². The number of ether oxygens (including phenoxy) is 1. The maximum Gasteiger partial charge on any atom is 0.407 e. The van der Waals surface area contributed by atoms with Crippen LogP contribution in [0.4, 0.5) is 4.79 Å². The molecule has 3 rings (SSSR count). The number of nitrogens with one attached hydrogen (secondary N) is 2. The fraction of sp³-hybridized carbons (Fsp3) is 0.400. The normalized spacial score (nSPS) is 14.1. The molecule has 0 fully saturated rings. The summed E-state index contributed by atoms with van der Waals surface area (Å²) < 4.78 is 5.50. The van der Waals surface area contributed by atoms with Crippen molar-refractivity contribution >= 4 is 18.0 Å². The van der Waals surface area contributed by atoms with Gasteiger partial charge in [0.25, 0.3) is 0 Å². The Bertz CT molecular complexity index is 929. The largest absolute Gasteiger partial charge is 0.481 e. The number of aliphatic carboxylic acids is 1. The summed E-state index contributed by atoms with van der Waals surface area (Å²) in [6, 6.07) is 16.2. The number of carbonyl (C=O) groups excluding carboxylic acids is 2. The molecule has 1 aliphatic rings. The number of hydrogen-bond donors (Lipinski definition) is 3. The number of carboxylic acid groups (broad SMARTS) is 1. The van der Waals surface area contributed by atoms with E-state index in [0.717, 1.165) is 22.3 Å². The number of rotatable bonds is 10. The summed E-state index contributed by atoms with van der Waals surface area (Å²) in [6.07, 6.45) is 0.374. The van der Waals surface area contributed by atoms with Crippen molar-refractivity contribution < 1.29 is 24.2 Å². The highest BCUT2D eigenvalue weighted by Gasteiger charge is 2.29. The van der Waals surface area contributed by atoms with Crippen LogP contribution in [0.1, 0.15) is 43.7 Å². The van der Waals surface area contributed by atoms with Crippen LogP contribution in [0.25, 0.3) is 11.1 Å². The number of carbonyl (C=O) groups is 3. The molecule has 1 aliphatic carbocycles. The van der Waals surface area contributed by atoms with Crippen molar-refractivity contribution in [1.82, 2.24) is 10.6 Å². The summed E-state index contributed by atoms with van der Waals surface area (Å²) >= 11 is 0. The molecule has 2 atom stereocenters. The van der Waals surface area contributed by atoms with Crippen molar-refractivity contribution in [2.24, 2.45) is 11.8 Å². The van der Waals surface area contributed by atoms with Gasteiger partial charge in [-0.15, -0.1) is 0 Å². The third-order valence-corrected chi connectivity index (χ3v) is 6.06. The van der Waals surface area contributed by atoms with Gasteiger partial charge in [0.1, 0.15) is 6.61 Å². The Morgan fingerprint density at radius 3 is 1.94 bits per heavy atom. The highest BCUT2D eigenvalue weighted by atomic mass is 16.5. The van der Waals surface area contributed by atoms with E-state index in [0.29, 0.717) is 12.8 Å². The molecule has 170 valence electrons. The number of fused-ring (bicyclic) bond motifs is 3. The number of benzene rings is 2. The summed E-state index contributed by atoms with van der Waals surface area (Å²) in [7, 11) is 0. The Kier molecular flexibility index (Phi) is 7.87. The van der Waals surface area contributed by atoms with Crippen LogP contribution in [0, 0.1) is 11.8 Å². The lowest BCUT2D eigenvalue weighted by atomic mass is 9.98. The molecule has 2 aromatic rings. The Morgan fingerprint density at radius 1 is 0.875 bits per heavy atom. The molecule has 32 heavy (non-hydrogen) atoms. The van der Waals surface area contributed by atoms with Crippen molar-refractivity contribution in [2.45, 2.75) is 32.6 Å². The first-order valence-electron chi connectivity index (χ1n) is 11.1. The Hall–Kier alpha value is -3.35. The molecule has 0 aliphatic heterocycles. The van der Waals surface area contributed by atoms with E-state index in [1.807, 2.05) is 31.2 Å². The van der Waals surface area contributed by atoms with E-state index < -0.39 is 23.9 Å². The zero-order chi connectivity index (χ0) is 23.1. The van der Waals surface area contributed by atoms with Gasteiger partial charge in [0.15, 0.2) is 0 Å². The molecule has 0 saturated carbocycles. The lowest BCUT2D eigenvalue weighted by Crippen LogP contribution is -2.41. The topological polar surface area (TPSA) is 105 Å². The Balaban J connectivity index is 1.52. The monoisotopic (exact) mass is 438 g/mol. The molecule has 7 nitrogen and oxygen atoms in total. The second kappa shape index (κ2) is 10.8. The van der Waals surface area contributed by atoms with Gasteiger partial charge in [0.2, 0.25) is 5.91 Å². The molecule has 0 heterocycles. The van der Waals surface area contributed by atoms with Gasteiger partial charge in [-0.05, 0) is 35.1 Å². The van der Waals surface area contributed by atoms with Crippen LogP contribution in [0.5, 0.6) is 0 Å². The van der Waals surface area contributed by atoms with Crippen molar-refractivity contribution in [1.29, 1.82) is 0 Å². The van der Waals surface area contributed by atoms with E-state index in [1.165, 1.54) is 0 Å². The zero-order valence-electron chi connectivity index (χ0n) is 18.5. The second-order valence-electron chi connectivity index (χ2n) is 8.00. The molecule has 0 aromatic heterocycles. The van der Waals surface area contributed by atoms with Crippen LogP contribution >= 0.6 is 0 Å². The van der Waals surface area contributed by atoms with Crippen molar-refractivity contribution in [2.75, 3.05) is 19.7 Å². The molecule has 0 bridgehead atoms. The van der Waals surface area contributed by atoms with E-state index in [9.17, 15) is 14.4 Å². The predicted molar refractivity (Wildman–Crippen MR) is 121 cm³/mol. The lowest BCUT2D eigenvalue weighted by molar-refractivity contribution is -0.141.